The number of esters is 2. The summed E-state index contributed by atoms with van der Waals surface area (Å²) in [6.45, 7) is 1.29. The summed E-state index contributed by atoms with van der Waals surface area (Å²) in [6.07, 6.45) is 0. The number of ether oxygens (including phenoxy) is 5. The lowest BCUT2D eigenvalue weighted by Gasteiger charge is -2.28. The Kier molecular flexibility index (Phi) is 23.9. The average molecular weight is 1270 g/mol. The van der Waals surface area contributed by atoms with E-state index in [1.54, 1.807) is 54.0 Å². The first kappa shape index (κ1) is 67.3. The number of rotatable bonds is 10. The van der Waals surface area contributed by atoms with Gasteiger partial charge >= 0.3 is 11.9 Å². The van der Waals surface area contributed by atoms with Crippen molar-refractivity contribution in [3.63, 3.8) is 0 Å². The molecule has 0 fully saturated rings. The highest BCUT2D eigenvalue weighted by Crippen LogP contribution is 2.38. The molecule has 0 saturated carbocycles. The van der Waals surface area contributed by atoms with Gasteiger partial charge in [0.2, 0.25) is 20.0 Å². The summed E-state index contributed by atoms with van der Waals surface area (Å²) in [6, 6.07) is 51.4. The van der Waals surface area contributed by atoms with E-state index in [0.29, 0.717) is 46.9 Å². The van der Waals surface area contributed by atoms with E-state index in [2.05, 4.69) is 17.4 Å². The van der Waals surface area contributed by atoms with E-state index in [1.165, 1.54) is 64.8 Å². The number of hydrogen-bond donors (Lipinski definition) is 3. The molecular weight excluding hydrogens is 1210 g/mol. The Morgan fingerprint density at radius 1 is 0.500 bits per heavy atom. The Labute approximate surface area is 518 Å². The van der Waals surface area contributed by atoms with Crippen LogP contribution in [-0.4, -0.2) is 82.5 Å². The number of carbonyl (C=O) groups excluding carboxylic acids is 3. The number of nitrogens with one attached hydrogen (secondary N) is 2. The predicted molar refractivity (Wildman–Crippen MR) is 332 cm³/mol. The topological polar surface area (TPSA) is 216 Å². The van der Waals surface area contributed by atoms with Crippen LogP contribution in [-0.2, 0) is 49.2 Å². The van der Waals surface area contributed by atoms with Crippen molar-refractivity contribution in [2.75, 3.05) is 34.0 Å². The third-order valence-electron chi connectivity index (χ3n) is 13.9. The van der Waals surface area contributed by atoms with Gasteiger partial charge < -0.3 is 29.0 Å². The first-order valence-electron chi connectivity index (χ1n) is 25.9. The first-order valence-corrected chi connectivity index (χ1v) is 28.8. The smallest absolute Gasteiger partial charge is 0.337 e. The number of hydrogen-bond acceptors (Lipinski definition) is 14. The fraction of sp³-hybridized carbons (Fsp3) is 0.177. The molecular formula is C62H62F2N4O13S5. The van der Waals surface area contributed by atoms with Crippen LogP contribution in [0.25, 0.3) is 0 Å². The second-order valence-electron chi connectivity index (χ2n) is 19.0. The number of carbonyl (C=O) groups is 3. The lowest BCUT2D eigenvalue weighted by atomic mass is 10.1. The number of nitrogens with zero attached hydrogens (tertiary/aromatic N) is 2. The van der Waals surface area contributed by atoms with Gasteiger partial charge in [0.05, 0.1) is 53.3 Å². The highest BCUT2D eigenvalue weighted by atomic mass is 32.2. The molecule has 452 valence electrons. The molecule has 3 N–H and O–H groups in total. The molecule has 3 atom stereocenters. The van der Waals surface area contributed by atoms with E-state index in [-0.39, 0.29) is 94.2 Å². The van der Waals surface area contributed by atoms with Gasteiger partial charge in [0.25, 0.3) is 5.91 Å². The zero-order valence-electron chi connectivity index (χ0n) is 46.3. The molecule has 3 aliphatic rings. The number of sulfonamides is 2. The summed E-state index contributed by atoms with van der Waals surface area (Å²) in [5.74, 6) is -1.10. The highest BCUT2D eigenvalue weighted by molar-refractivity contribution is 7.89. The van der Waals surface area contributed by atoms with Gasteiger partial charge in [0.1, 0.15) is 48.7 Å². The van der Waals surface area contributed by atoms with Gasteiger partial charge in [-0.2, -0.15) is 49.1 Å². The molecule has 1 amide bonds. The quantitative estimate of drug-likeness (QED) is 0.0660. The Morgan fingerprint density at radius 3 is 1.27 bits per heavy atom. The molecule has 0 bridgehead atoms. The number of methoxy groups -OCH3 is 2. The molecule has 86 heavy (non-hydrogen) atoms. The van der Waals surface area contributed by atoms with Crippen molar-refractivity contribution in [1.29, 1.82) is 0 Å². The molecule has 0 aliphatic carbocycles. The monoisotopic (exact) mass is 1270 g/mol. The zero-order valence-corrected chi connectivity index (χ0v) is 50.9. The number of halogens is 2. The molecule has 3 aliphatic heterocycles. The van der Waals surface area contributed by atoms with E-state index in [0.717, 1.165) is 46.7 Å². The fourth-order valence-corrected chi connectivity index (χ4v) is 12.6. The van der Waals surface area contributed by atoms with Gasteiger partial charge in [-0.15, -0.1) is 0 Å². The summed E-state index contributed by atoms with van der Waals surface area (Å²) in [7, 11) is -5.32. The summed E-state index contributed by atoms with van der Waals surface area (Å²) in [4.78, 5) is 35.2. The molecule has 0 aromatic heterocycles. The minimum absolute atomic E-state index is 0. The Morgan fingerprint density at radius 2 is 0.860 bits per heavy atom. The second kappa shape index (κ2) is 30.5. The second-order valence-corrected chi connectivity index (χ2v) is 22.8. The maximum atomic E-state index is 13.5. The van der Waals surface area contributed by atoms with Gasteiger partial charge in [-0.05, 0) is 102 Å². The molecule has 24 heteroatoms. The Bertz CT molecular complexity index is 3630. The van der Waals surface area contributed by atoms with Crippen LogP contribution in [0.4, 0.5) is 8.78 Å². The van der Waals surface area contributed by atoms with Crippen molar-refractivity contribution in [3.05, 3.63) is 256 Å². The Hall–Kier alpha value is -7.78. The summed E-state index contributed by atoms with van der Waals surface area (Å²) in [5.41, 5.74) is 7.45. The Balaban J connectivity index is 0.000000207. The number of benzene rings is 8. The summed E-state index contributed by atoms with van der Waals surface area (Å²) < 4.78 is 111. The van der Waals surface area contributed by atoms with Crippen molar-refractivity contribution in [3.8, 4) is 17.2 Å². The normalized spacial score (nSPS) is 16.2. The van der Waals surface area contributed by atoms with Crippen LogP contribution < -0.4 is 25.0 Å². The SMILES string of the molecule is COC(=O)c1ccc2c(c1)OC[C@H](c1ccccc1)N(S(=O)(=O)c1ccc(F)cc1)C2.COC(=O)c1ccc2c(c1)OC[C@H](c1ccccc1)NC2.O=C(NO)c1ccc2c(c1)OC[C@H](c1ccccc1)N(S(=O)(=O)c1ccc(F)cc1)C2.S.S.S. The third kappa shape index (κ3) is 15.8. The lowest BCUT2D eigenvalue weighted by molar-refractivity contribution is 0.0591. The van der Waals surface area contributed by atoms with Gasteiger partial charge in [-0.1, -0.05) is 109 Å². The fourth-order valence-electron chi connectivity index (χ4n) is 9.46. The van der Waals surface area contributed by atoms with E-state index < -0.39 is 55.6 Å². The van der Waals surface area contributed by atoms with Crippen LogP contribution in [0, 0.1) is 11.6 Å². The van der Waals surface area contributed by atoms with Gasteiger partial charge in [0.15, 0.2) is 0 Å². The minimum Gasteiger partial charge on any atom is -0.491 e. The zero-order chi connectivity index (χ0) is 58.7. The van der Waals surface area contributed by atoms with Crippen molar-refractivity contribution in [2.45, 2.75) is 47.6 Å². The van der Waals surface area contributed by atoms with Crippen molar-refractivity contribution < 1.29 is 68.9 Å². The van der Waals surface area contributed by atoms with Crippen molar-refractivity contribution >= 4 is 78.4 Å². The lowest BCUT2D eigenvalue weighted by Crippen LogP contribution is -2.36. The molecule has 3 heterocycles. The highest BCUT2D eigenvalue weighted by Gasteiger charge is 2.38. The summed E-state index contributed by atoms with van der Waals surface area (Å²) in [5, 5.41) is 12.4. The van der Waals surface area contributed by atoms with Crippen LogP contribution in [0.15, 0.2) is 204 Å². The van der Waals surface area contributed by atoms with E-state index >= 15 is 0 Å². The van der Waals surface area contributed by atoms with Crippen molar-refractivity contribution in [2.24, 2.45) is 0 Å². The molecule has 8 aromatic rings. The standard InChI is InChI=1S/C23H20FNO5S.C22H19FN2O5S.C17H17NO3.3H2S/c1-29-23(26)17-7-8-18-14-25(31(27,28)20-11-9-19(24)10-12-20)21(15-30-22(18)13-17)16-5-3-2-4-6-16;23-18-8-10-19(11-9-18)31(28,29)25-13-17-7-6-16(22(26)24-27)12-21(17)30-14-20(25)15-4-2-1-3-5-15;1-20-17(19)13-7-8-14-10-18-15(11-21-16(14)9-13)12-5-3-2-4-6-12;;;/h2-13,21H,14-15H2,1H3;1-12,20,27H,13-14H2,(H,24,26);2-9,15,18H,10-11H2,1H3;3*1H2/t21-;20-;15-;;;/m111.../s1. The molecule has 17 nitrogen and oxygen atoms in total. The predicted octanol–water partition coefficient (Wildman–Crippen LogP) is 10.2. The largest absolute Gasteiger partial charge is 0.491 e. The maximum Gasteiger partial charge on any atom is 0.337 e. The third-order valence-corrected chi connectivity index (χ3v) is 17.6. The molecule has 0 unspecified atom stereocenters. The van der Waals surface area contributed by atoms with E-state index in [9.17, 15) is 40.0 Å². The van der Waals surface area contributed by atoms with E-state index in [4.69, 9.17) is 28.9 Å². The maximum absolute atomic E-state index is 13.5. The molecule has 11 rings (SSSR count). The van der Waals surface area contributed by atoms with Crippen molar-refractivity contribution in [1.82, 2.24) is 19.4 Å². The first-order chi connectivity index (χ1) is 40.1. The van der Waals surface area contributed by atoms with Gasteiger partial charge in [-0.3, -0.25) is 10.0 Å². The van der Waals surface area contributed by atoms with Crippen LogP contribution in [0.1, 0.15) is 82.6 Å². The number of fused-ring (bicyclic) bond motifs is 3. The summed E-state index contributed by atoms with van der Waals surface area (Å²) >= 11 is 0. The van der Waals surface area contributed by atoms with Crippen LogP contribution in [0.3, 0.4) is 0 Å². The number of hydroxylamine groups is 1. The number of amides is 1. The van der Waals surface area contributed by atoms with Crippen LogP contribution in [0.5, 0.6) is 17.2 Å². The van der Waals surface area contributed by atoms with Gasteiger partial charge in [-0.25, -0.2) is 40.7 Å². The molecule has 0 spiro atoms. The average Bonchev–Trinajstić information content (AvgIpc) is 3.27. The minimum atomic E-state index is -4.01. The van der Waals surface area contributed by atoms with E-state index in [1.807, 2.05) is 72.8 Å². The molecule has 0 radical (unpaired) electrons. The van der Waals surface area contributed by atoms with Crippen LogP contribution in [0.2, 0.25) is 0 Å². The van der Waals surface area contributed by atoms with Crippen LogP contribution >= 0.6 is 40.5 Å². The molecule has 0 saturated heterocycles. The van der Waals surface area contributed by atoms with Gasteiger partial charge in [0, 0.05) is 41.9 Å². The molecule has 8 aromatic carbocycles.